The maximum Gasteiger partial charge on any atom is 0.270 e. The lowest BCUT2D eigenvalue weighted by Crippen LogP contribution is -2.27. The van der Waals surface area contributed by atoms with Crippen molar-refractivity contribution in [3.63, 3.8) is 0 Å². The highest BCUT2D eigenvalue weighted by Crippen LogP contribution is 2.22. The number of aromatic nitrogens is 2. The quantitative estimate of drug-likeness (QED) is 0.470. The van der Waals surface area contributed by atoms with Gasteiger partial charge in [0.25, 0.3) is 5.91 Å². The number of aryl methyl sites for hydroxylation is 3. The molecule has 0 saturated heterocycles. The van der Waals surface area contributed by atoms with Gasteiger partial charge in [0.05, 0.1) is 5.69 Å². The van der Waals surface area contributed by atoms with Crippen LogP contribution in [0, 0.1) is 13.8 Å². The molecule has 0 spiro atoms. The first-order valence-electron chi connectivity index (χ1n) is 10.7. The number of imidazole rings is 1. The van der Waals surface area contributed by atoms with Gasteiger partial charge in [-0.2, -0.15) is 0 Å². The highest BCUT2D eigenvalue weighted by molar-refractivity contribution is 5.95. The van der Waals surface area contributed by atoms with Gasteiger partial charge in [0.2, 0.25) is 11.8 Å². The smallest absolute Gasteiger partial charge is 0.270 e. The van der Waals surface area contributed by atoms with Crippen LogP contribution in [-0.2, 0) is 16.0 Å². The molecule has 2 heterocycles. The molecule has 3 amide bonds. The van der Waals surface area contributed by atoms with Gasteiger partial charge < -0.3 is 16.0 Å². The number of anilines is 2. The summed E-state index contributed by atoms with van der Waals surface area (Å²) in [6.45, 7) is 7.59. The predicted octanol–water partition coefficient (Wildman–Crippen LogP) is 3.62. The van der Waals surface area contributed by atoms with Crippen molar-refractivity contribution in [1.82, 2.24) is 14.7 Å². The fraction of sp³-hybridized carbons (Fsp3) is 0.333. The molecule has 0 radical (unpaired) electrons. The van der Waals surface area contributed by atoms with Gasteiger partial charge >= 0.3 is 0 Å². The summed E-state index contributed by atoms with van der Waals surface area (Å²) in [5, 5.41) is 8.52. The topological polar surface area (TPSA) is 105 Å². The highest BCUT2D eigenvalue weighted by atomic mass is 16.2. The van der Waals surface area contributed by atoms with Gasteiger partial charge in [-0.05, 0) is 56.0 Å². The summed E-state index contributed by atoms with van der Waals surface area (Å²) in [7, 11) is 0. The monoisotopic (exact) mass is 435 g/mol. The normalized spacial score (nSPS) is 10.8. The van der Waals surface area contributed by atoms with Crippen LogP contribution in [0.5, 0.6) is 0 Å². The number of carbonyl (C=O) groups is 3. The van der Waals surface area contributed by atoms with Crippen molar-refractivity contribution in [3.05, 3.63) is 59.0 Å². The van der Waals surface area contributed by atoms with Crippen LogP contribution >= 0.6 is 0 Å². The van der Waals surface area contributed by atoms with Crippen molar-refractivity contribution in [3.8, 4) is 0 Å². The minimum atomic E-state index is -0.211. The molecule has 3 N–H and O–H groups in total. The molecule has 168 valence electrons. The van der Waals surface area contributed by atoms with Crippen molar-refractivity contribution < 1.29 is 14.4 Å². The Kier molecular flexibility index (Phi) is 7.25. The molecular weight excluding hydrogens is 406 g/mol. The van der Waals surface area contributed by atoms with Crippen molar-refractivity contribution >= 4 is 34.7 Å². The van der Waals surface area contributed by atoms with Crippen molar-refractivity contribution in [2.75, 3.05) is 17.2 Å². The van der Waals surface area contributed by atoms with Gasteiger partial charge in [-0.25, -0.2) is 4.98 Å². The lowest BCUT2D eigenvalue weighted by atomic mass is 10.1. The van der Waals surface area contributed by atoms with Gasteiger partial charge in [0, 0.05) is 37.5 Å². The van der Waals surface area contributed by atoms with Crippen LogP contribution in [0.4, 0.5) is 11.4 Å². The van der Waals surface area contributed by atoms with Gasteiger partial charge in [-0.1, -0.05) is 19.1 Å². The van der Waals surface area contributed by atoms with E-state index < -0.39 is 0 Å². The molecule has 0 bridgehead atoms. The summed E-state index contributed by atoms with van der Waals surface area (Å²) in [5.41, 5.74) is 5.25. The average molecular weight is 436 g/mol. The average Bonchev–Trinajstić information content (AvgIpc) is 3.08. The molecule has 3 rings (SSSR count). The number of benzene rings is 1. The Morgan fingerprint density at radius 1 is 1.09 bits per heavy atom. The molecule has 0 unspecified atom stereocenters. The zero-order valence-corrected chi connectivity index (χ0v) is 18.9. The molecule has 32 heavy (non-hydrogen) atoms. The standard InChI is InChI=1S/C24H29N5O3/c1-5-18-10-11-19(27-17(4)30)14-20(18)28-21(31)9-6-12-25-24(32)22-16(3)26-23-15(2)8-7-13-29(22)23/h7-8,10-11,13-14H,5-6,9,12H2,1-4H3,(H,25,32)(H,27,30)(H,28,31). The van der Waals surface area contributed by atoms with E-state index >= 15 is 0 Å². The number of fused-ring (bicyclic) bond motifs is 1. The van der Waals surface area contributed by atoms with E-state index in [9.17, 15) is 14.4 Å². The van der Waals surface area contributed by atoms with Crippen LogP contribution in [0.3, 0.4) is 0 Å². The number of nitrogens with zero attached hydrogens (tertiary/aromatic N) is 2. The summed E-state index contributed by atoms with van der Waals surface area (Å²) in [4.78, 5) is 40.9. The van der Waals surface area contributed by atoms with Crippen LogP contribution in [-0.4, -0.2) is 33.7 Å². The van der Waals surface area contributed by atoms with Gasteiger partial charge in [0.15, 0.2) is 0 Å². The molecule has 1 aromatic carbocycles. The first kappa shape index (κ1) is 23.0. The molecule has 8 heteroatoms. The van der Waals surface area contributed by atoms with Gasteiger partial charge in [-0.3, -0.25) is 18.8 Å². The van der Waals surface area contributed by atoms with Crippen LogP contribution in [0.1, 0.15) is 54.0 Å². The Morgan fingerprint density at radius 2 is 1.88 bits per heavy atom. The molecule has 0 fully saturated rings. The van der Waals surface area contributed by atoms with Crippen LogP contribution in [0.25, 0.3) is 5.65 Å². The summed E-state index contributed by atoms with van der Waals surface area (Å²) >= 11 is 0. The second kappa shape index (κ2) is 10.1. The molecule has 0 aliphatic heterocycles. The van der Waals surface area contributed by atoms with Crippen molar-refractivity contribution in [2.45, 2.75) is 47.0 Å². The van der Waals surface area contributed by atoms with Crippen molar-refractivity contribution in [2.24, 2.45) is 0 Å². The second-order valence-corrected chi connectivity index (χ2v) is 7.74. The predicted molar refractivity (Wildman–Crippen MR) is 125 cm³/mol. The zero-order chi connectivity index (χ0) is 23.3. The minimum Gasteiger partial charge on any atom is -0.351 e. The number of hydrogen-bond acceptors (Lipinski definition) is 4. The van der Waals surface area contributed by atoms with Crippen LogP contribution in [0.2, 0.25) is 0 Å². The lowest BCUT2D eigenvalue weighted by molar-refractivity contribution is -0.116. The molecule has 3 aromatic rings. The molecular formula is C24H29N5O3. The third-order valence-corrected chi connectivity index (χ3v) is 5.19. The van der Waals surface area contributed by atoms with Crippen LogP contribution in [0.15, 0.2) is 36.5 Å². The summed E-state index contributed by atoms with van der Waals surface area (Å²) in [6.07, 6.45) is 3.34. The molecule has 2 aromatic heterocycles. The summed E-state index contributed by atoms with van der Waals surface area (Å²) < 4.78 is 1.79. The van der Waals surface area contributed by atoms with Crippen LogP contribution < -0.4 is 16.0 Å². The Balaban J connectivity index is 1.55. The van der Waals surface area contributed by atoms with E-state index in [0.29, 0.717) is 35.7 Å². The fourth-order valence-electron chi connectivity index (χ4n) is 3.62. The number of amides is 3. The zero-order valence-electron chi connectivity index (χ0n) is 18.9. The Hall–Kier alpha value is -3.68. The Labute approximate surface area is 187 Å². The van der Waals surface area contributed by atoms with Gasteiger partial charge in [-0.15, -0.1) is 0 Å². The van der Waals surface area contributed by atoms with E-state index in [0.717, 1.165) is 23.2 Å². The summed E-state index contributed by atoms with van der Waals surface area (Å²) in [6, 6.07) is 9.31. The molecule has 0 aliphatic carbocycles. The SMILES string of the molecule is CCc1ccc(NC(C)=O)cc1NC(=O)CCCNC(=O)c1c(C)nc2c(C)cccn12. The molecule has 8 nitrogen and oxygen atoms in total. The highest BCUT2D eigenvalue weighted by Gasteiger charge is 2.17. The maximum atomic E-state index is 12.7. The fourth-order valence-corrected chi connectivity index (χ4v) is 3.62. The van der Waals surface area contributed by atoms with E-state index in [1.165, 1.54) is 6.92 Å². The van der Waals surface area contributed by atoms with Gasteiger partial charge in [0.1, 0.15) is 11.3 Å². The maximum absolute atomic E-state index is 12.7. The largest absolute Gasteiger partial charge is 0.351 e. The van der Waals surface area contributed by atoms with E-state index in [1.807, 2.05) is 51.2 Å². The summed E-state index contributed by atoms with van der Waals surface area (Å²) in [5.74, 6) is -0.522. The first-order chi connectivity index (χ1) is 15.3. The number of hydrogen-bond donors (Lipinski definition) is 3. The van der Waals surface area contributed by atoms with E-state index in [2.05, 4.69) is 20.9 Å². The third kappa shape index (κ3) is 5.32. The Morgan fingerprint density at radius 3 is 2.59 bits per heavy atom. The van der Waals surface area contributed by atoms with E-state index in [1.54, 1.807) is 10.5 Å². The van der Waals surface area contributed by atoms with E-state index in [-0.39, 0.29) is 24.1 Å². The lowest BCUT2D eigenvalue weighted by Gasteiger charge is -2.12. The minimum absolute atomic E-state index is 0.143. The number of rotatable bonds is 8. The number of carbonyl (C=O) groups excluding carboxylic acids is 3. The second-order valence-electron chi connectivity index (χ2n) is 7.74. The molecule has 0 saturated carbocycles. The van der Waals surface area contributed by atoms with E-state index in [4.69, 9.17) is 0 Å². The van der Waals surface area contributed by atoms with Crippen molar-refractivity contribution in [1.29, 1.82) is 0 Å². The number of pyridine rings is 1. The first-order valence-corrected chi connectivity index (χ1v) is 10.7. The third-order valence-electron chi connectivity index (χ3n) is 5.19. The number of nitrogens with one attached hydrogen (secondary N) is 3. The molecule has 0 atom stereocenters. The Bertz CT molecular complexity index is 1170. The molecule has 0 aliphatic rings.